The molecule has 1 heterocycles. The molecule has 1 saturated heterocycles. The van der Waals surface area contributed by atoms with Gasteiger partial charge in [-0.2, -0.15) is 0 Å². The second-order valence-electron chi connectivity index (χ2n) is 2.33. The first-order valence-electron chi connectivity index (χ1n) is 3.23. The van der Waals surface area contributed by atoms with Crippen molar-refractivity contribution < 1.29 is 9.84 Å². The molecule has 0 spiro atoms. The lowest BCUT2D eigenvalue weighted by atomic mass is 9.99. The lowest BCUT2D eigenvalue weighted by Crippen LogP contribution is -2.29. The molecule has 1 N–H and O–H groups in total. The zero-order chi connectivity index (χ0) is 6.69. The third kappa shape index (κ3) is 1.53. The van der Waals surface area contributed by atoms with Gasteiger partial charge in [0.1, 0.15) is 0 Å². The number of aliphatic hydroxyl groups excluding tert-OH is 1. The van der Waals surface area contributed by atoms with Crippen LogP contribution in [0.25, 0.3) is 0 Å². The predicted octanol–water partition coefficient (Wildman–Crippen LogP) is 0.570. The van der Waals surface area contributed by atoms with Gasteiger partial charge >= 0.3 is 0 Å². The molecule has 0 aromatic carbocycles. The van der Waals surface area contributed by atoms with Crippen LogP contribution in [0.1, 0.15) is 6.42 Å². The topological polar surface area (TPSA) is 29.5 Å². The summed E-state index contributed by atoms with van der Waals surface area (Å²) >= 11 is 0. The minimum Gasteiger partial charge on any atom is -0.392 e. The summed E-state index contributed by atoms with van der Waals surface area (Å²) in [5.41, 5.74) is 0. The number of aliphatic hydroxyl groups is 1. The van der Waals surface area contributed by atoms with E-state index in [9.17, 15) is 5.11 Å². The third-order valence-electron chi connectivity index (χ3n) is 1.67. The lowest BCUT2D eigenvalue weighted by molar-refractivity contribution is -0.0175. The van der Waals surface area contributed by atoms with Crippen molar-refractivity contribution in [3.63, 3.8) is 0 Å². The molecule has 0 saturated carbocycles. The standard InChI is InChI=1S/C7H12O2/c1-2-6-5-9-4-3-7(6)8/h2,6-8H,1,3-5H2/t6-,7+/m1/s1. The summed E-state index contributed by atoms with van der Waals surface area (Å²) in [5.74, 6) is 0.152. The highest BCUT2D eigenvalue weighted by Crippen LogP contribution is 2.14. The van der Waals surface area contributed by atoms with Gasteiger partial charge in [0, 0.05) is 12.5 Å². The van der Waals surface area contributed by atoms with Crippen LogP contribution in [0.5, 0.6) is 0 Å². The molecule has 1 fully saturated rings. The summed E-state index contributed by atoms with van der Waals surface area (Å²) in [6.07, 6.45) is 2.27. The molecule has 0 unspecified atom stereocenters. The first kappa shape index (κ1) is 6.78. The smallest absolute Gasteiger partial charge is 0.0646 e. The SMILES string of the molecule is C=C[C@@H]1COCC[C@@H]1O. The second-order valence-corrected chi connectivity index (χ2v) is 2.33. The fraction of sp³-hybridized carbons (Fsp3) is 0.714. The lowest BCUT2D eigenvalue weighted by Gasteiger charge is -2.24. The van der Waals surface area contributed by atoms with E-state index in [2.05, 4.69) is 6.58 Å². The van der Waals surface area contributed by atoms with Crippen LogP contribution in [0, 0.1) is 5.92 Å². The van der Waals surface area contributed by atoms with Crippen LogP contribution in [0.4, 0.5) is 0 Å². The summed E-state index contributed by atoms with van der Waals surface area (Å²) in [5, 5.41) is 9.22. The minimum absolute atomic E-state index is 0.152. The molecule has 2 atom stereocenters. The first-order valence-corrected chi connectivity index (χ1v) is 3.23. The van der Waals surface area contributed by atoms with E-state index in [-0.39, 0.29) is 12.0 Å². The van der Waals surface area contributed by atoms with E-state index >= 15 is 0 Å². The Hall–Kier alpha value is -0.340. The van der Waals surface area contributed by atoms with Crippen molar-refractivity contribution in [1.82, 2.24) is 0 Å². The van der Waals surface area contributed by atoms with Gasteiger partial charge in [-0.3, -0.25) is 0 Å². The van der Waals surface area contributed by atoms with E-state index in [1.54, 1.807) is 6.08 Å². The molecule has 0 amide bonds. The van der Waals surface area contributed by atoms with Crippen molar-refractivity contribution >= 4 is 0 Å². The molecular formula is C7H12O2. The Balaban J connectivity index is 2.38. The zero-order valence-electron chi connectivity index (χ0n) is 5.42. The van der Waals surface area contributed by atoms with Crippen molar-refractivity contribution in [1.29, 1.82) is 0 Å². The van der Waals surface area contributed by atoms with Gasteiger partial charge in [0.05, 0.1) is 12.7 Å². The van der Waals surface area contributed by atoms with Crippen LogP contribution in [0.15, 0.2) is 12.7 Å². The highest BCUT2D eigenvalue weighted by Gasteiger charge is 2.19. The largest absolute Gasteiger partial charge is 0.392 e. The summed E-state index contributed by atoms with van der Waals surface area (Å²) in [6.45, 7) is 4.91. The maximum atomic E-state index is 9.22. The van der Waals surface area contributed by atoms with Crippen molar-refractivity contribution in [2.45, 2.75) is 12.5 Å². The number of ether oxygens (including phenoxy) is 1. The van der Waals surface area contributed by atoms with Crippen LogP contribution in [0.3, 0.4) is 0 Å². The summed E-state index contributed by atoms with van der Waals surface area (Å²) in [6, 6.07) is 0. The monoisotopic (exact) mass is 128 g/mol. The average molecular weight is 128 g/mol. The maximum Gasteiger partial charge on any atom is 0.0646 e. The van der Waals surface area contributed by atoms with Crippen molar-refractivity contribution in [2.75, 3.05) is 13.2 Å². The molecule has 52 valence electrons. The molecule has 1 rings (SSSR count). The number of rotatable bonds is 1. The van der Waals surface area contributed by atoms with E-state index in [0.717, 1.165) is 6.42 Å². The fourth-order valence-corrected chi connectivity index (χ4v) is 0.974. The predicted molar refractivity (Wildman–Crippen MR) is 35.1 cm³/mol. The van der Waals surface area contributed by atoms with Crippen LogP contribution in [0.2, 0.25) is 0 Å². The van der Waals surface area contributed by atoms with Gasteiger partial charge in [-0.25, -0.2) is 0 Å². The van der Waals surface area contributed by atoms with Gasteiger partial charge < -0.3 is 9.84 Å². The first-order chi connectivity index (χ1) is 4.34. The second kappa shape index (κ2) is 2.99. The Morgan fingerprint density at radius 2 is 2.44 bits per heavy atom. The fourth-order valence-electron chi connectivity index (χ4n) is 0.974. The van der Waals surface area contributed by atoms with Gasteiger partial charge in [-0.05, 0) is 6.42 Å². The Morgan fingerprint density at radius 1 is 1.67 bits per heavy atom. The Kier molecular flexibility index (Phi) is 2.25. The molecule has 0 radical (unpaired) electrons. The zero-order valence-corrected chi connectivity index (χ0v) is 5.42. The molecule has 9 heavy (non-hydrogen) atoms. The van der Waals surface area contributed by atoms with Crippen LogP contribution < -0.4 is 0 Å². The van der Waals surface area contributed by atoms with E-state index in [4.69, 9.17) is 4.74 Å². The van der Waals surface area contributed by atoms with E-state index < -0.39 is 0 Å². The van der Waals surface area contributed by atoms with Crippen molar-refractivity contribution in [2.24, 2.45) is 5.92 Å². The van der Waals surface area contributed by atoms with Crippen molar-refractivity contribution in [3.05, 3.63) is 12.7 Å². The average Bonchev–Trinajstić information content (AvgIpc) is 1.89. The molecule has 0 aromatic heterocycles. The summed E-state index contributed by atoms with van der Waals surface area (Å²) in [4.78, 5) is 0. The van der Waals surface area contributed by atoms with Crippen LogP contribution in [-0.4, -0.2) is 24.4 Å². The van der Waals surface area contributed by atoms with Gasteiger partial charge in [-0.15, -0.1) is 6.58 Å². The highest BCUT2D eigenvalue weighted by atomic mass is 16.5. The molecule has 0 aromatic rings. The molecule has 1 aliphatic heterocycles. The van der Waals surface area contributed by atoms with E-state index in [1.807, 2.05) is 0 Å². The van der Waals surface area contributed by atoms with Gasteiger partial charge in [0.25, 0.3) is 0 Å². The Bertz CT molecular complexity index is 101. The highest BCUT2D eigenvalue weighted by molar-refractivity contribution is 4.86. The summed E-state index contributed by atoms with van der Waals surface area (Å²) < 4.78 is 5.11. The molecule has 1 aliphatic rings. The van der Waals surface area contributed by atoms with Gasteiger partial charge in [0.15, 0.2) is 0 Å². The Morgan fingerprint density at radius 3 is 2.89 bits per heavy atom. The molecule has 2 nitrogen and oxygen atoms in total. The number of hydrogen-bond donors (Lipinski definition) is 1. The summed E-state index contributed by atoms with van der Waals surface area (Å²) in [7, 11) is 0. The van der Waals surface area contributed by atoms with Crippen molar-refractivity contribution in [3.8, 4) is 0 Å². The molecule has 2 heteroatoms. The van der Waals surface area contributed by atoms with E-state index in [0.29, 0.717) is 13.2 Å². The third-order valence-corrected chi connectivity index (χ3v) is 1.67. The molecule has 0 bridgehead atoms. The normalized spacial score (nSPS) is 36.1. The quantitative estimate of drug-likeness (QED) is 0.523. The Labute approximate surface area is 55.1 Å². The maximum absolute atomic E-state index is 9.22. The minimum atomic E-state index is -0.226. The number of hydrogen-bond acceptors (Lipinski definition) is 2. The van der Waals surface area contributed by atoms with Gasteiger partial charge in [0.2, 0.25) is 0 Å². The van der Waals surface area contributed by atoms with Crippen LogP contribution >= 0.6 is 0 Å². The van der Waals surface area contributed by atoms with Crippen LogP contribution in [-0.2, 0) is 4.74 Å². The molecular weight excluding hydrogens is 116 g/mol. The molecule has 0 aliphatic carbocycles. The van der Waals surface area contributed by atoms with E-state index in [1.165, 1.54) is 0 Å². The van der Waals surface area contributed by atoms with Gasteiger partial charge in [-0.1, -0.05) is 6.08 Å².